The highest BCUT2D eigenvalue weighted by atomic mass is 79.9. The second-order valence-corrected chi connectivity index (χ2v) is 12.0. The van der Waals surface area contributed by atoms with E-state index in [2.05, 4.69) is 21.2 Å². The molecular weight excluding hydrogens is 566 g/mol. The lowest BCUT2D eigenvalue weighted by Crippen LogP contribution is -2.54. The molecule has 2 amide bonds. The summed E-state index contributed by atoms with van der Waals surface area (Å²) in [5.74, 6) is -0.755. The van der Waals surface area contributed by atoms with E-state index in [1.165, 1.54) is 4.90 Å². The van der Waals surface area contributed by atoms with Gasteiger partial charge in [0.1, 0.15) is 12.6 Å². The standard InChI is InChI=1S/C29H34BrN3O4S/c1-4-22(2)31-29(35)27(19-23-13-7-5-8-14-23)32(20-24-15-9-6-10-16-24)28(34)21-33(38(3,36)37)26-18-12-11-17-25(26)30/h5-18,22,27H,4,19-21H2,1-3H3,(H,31,35)/t22-,27+/m1/s1. The molecule has 0 saturated heterocycles. The minimum atomic E-state index is -3.81. The van der Waals surface area contributed by atoms with Gasteiger partial charge in [0, 0.05) is 23.5 Å². The Labute approximate surface area is 234 Å². The number of nitrogens with zero attached hydrogens (tertiary/aromatic N) is 2. The molecule has 9 heteroatoms. The van der Waals surface area contributed by atoms with Gasteiger partial charge in [-0.15, -0.1) is 0 Å². The number of nitrogens with one attached hydrogen (secondary N) is 1. The van der Waals surface area contributed by atoms with E-state index in [0.717, 1.165) is 28.1 Å². The van der Waals surface area contributed by atoms with Crippen molar-refractivity contribution in [1.82, 2.24) is 10.2 Å². The number of sulfonamides is 1. The van der Waals surface area contributed by atoms with Crippen molar-refractivity contribution in [2.75, 3.05) is 17.1 Å². The van der Waals surface area contributed by atoms with Crippen LogP contribution in [0.15, 0.2) is 89.4 Å². The number of carbonyl (C=O) groups excluding carboxylic acids is 2. The third-order valence-electron chi connectivity index (χ3n) is 6.27. The minimum Gasteiger partial charge on any atom is -0.352 e. The summed E-state index contributed by atoms with van der Waals surface area (Å²) in [4.78, 5) is 29.1. The fourth-order valence-corrected chi connectivity index (χ4v) is 5.50. The summed E-state index contributed by atoms with van der Waals surface area (Å²) in [5, 5.41) is 3.02. The fourth-order valence-electron chi connectivity index (χ4n) is 4.02. The van der Waals surface area contributed by atoms with Crippen LogP contribution in [-0.2, 0) is 32.6 Å². The zero-order valence-electron chi connectivity index (χ0n) is 21.9. The van der Waals surface area contributed by atoms with E-state index >= 15 is 0 Å². The Morgan fingerprint density at radius 2 is 1.45 bits per heavy atom. The lowest BCUT2D eigenvalue weighted by molar-refractivity contribution is -0.140. The number of hydrogen-bond donors (Lipinski definition) is 1. The van der Waals surface area contributed by atoms with Gasteiger partial charge in [-0.2, -0.15) is 0 Å². The normalized spacial score (nSPS) is 12.8. The van der Waals surface area contributed by atoms with Crippen molar-refractivity contribution in [2.24, 2.45) is 0 Å². The second kappa shape index (κ2) is 13.6. The Hall–Kier alpha value is -3.17. The first-order valence-corrected chi connectivity index (χ1v) is 15.1. The molecule has 0 unspecified atom stereocenters. The molecule has 0 fully saturated rings. The van der Waals surface area contributed by atoms with Gasteiger partial charge in [0.2, 0.25) is 21.8 Å². The minimum absolute atomic E-state index is 0.0813. The van der Waals surface area contributed by atoms with Crippen LogP contribution in [0.25, 0.3) is 0 Å². The smallest absolute Gasteiger partial charge is 0.244 e. The molecule has 3 aromatic carbocycles. The molecule has 3 aromatic rings. The predicted octanol–water partition coefficient (Wildman–Crippen LogP) is 4.77. The van der Waals surface area contributed by atoms with Crippen LogP contribution in [0.5, 0.6) is 0 Å². The molecule has 7 nitrogen and oxygen atoms in total. The average Bonchev–Trinajstić information content (AvgIpc) is 2.90. The molecule has 202 valence electrons. The molecule has 0 saturated carbocycles. The molecule has 38 heavy (non-hydrogen) atoms. The van der Waals surface area contributed by atoms with E-state index in [1.807, 2.05) is 74.5 Å². The number of para-hydroxylation sites is 1. The Bertz CT molecular complexity index is 1320. The molecule has 0 aliphatic carbocycles. The van der Waals surface area contributed by atoms with Crippen molar-refractivity contribution in [3.8, 4) is 0 Å². The highest BCUT2D eigenvalue weighted by Gasteiger charge is 2.33. The van der Waals surface area contributed by atoms with Crippen LogP contribution in [0, 0.1) is 0 Å². The van der Waals surface area contributed by atoms with E-state index < -0.39 is 28.5 Å². The summed E-state index contributed by atoms with van der Waals surface area (Å²) < 4.78 is 27.3. The molecule has 0 aliphatic rings. The Kier molecular flexibility index (Phi) is 10.5. The first-order chi connectivity index (χ1) is 18.1. The van der Waals surface area contributed by atoms with Crippen LogP contribution < -0.4 is 9.62 Å². The molecule has 1 N–H and O–H groups in total. The second-order valence-electron chi connectivity index (χ2n) is 9.25. The summed E-state index contributed by atoms with van der Waals surface area (Å²) >= 11 is 3.41. The van der Waals surface area contributed by atoms with Gasteiger partial charge in [0.15, 0.2) is 0 Å². The van der Waals surface area contributed by atoms with Gasteiger partial charge in [0.25, 0.3) is 0 Å². The van der Waals surface area contributed by atoms with Crippen LogP contribution in [0.4, 0.5) is 5.69 Å². The highest BCUT2D eigenvalue weighted by molar-refractivity contribution is 9.10. The summed E-state index contributed by atoms with van der Waals surface area (Å²) in [6.45, 7) is 3.60. The van der Waals surface area contributed by atoms with Crippen LogP contribution in [0.1, 0.15) is 31.4 Å². The molecule has 2 atom stereocenters. The van der Waals surface area contributed by atoms with Gasteiger partial charge in [-0.25, -0.2) is 8.42 Å². The molecule has 0 bridgehead atoms. The summed E-state index contributed by atoms with van der Waals surface area (Å²) in [5.41, 5.74) is 2.09. The summed E-state index contributed by atoms with van der Waals surface area (Å²) in [6, 6.07) is 24.8. The van der Waals surface area contributed by atoms with Crippen LogP contribution in [0.3, 0.4) is 0 Å². The van der Waals surface area contributed by atoms with Gasteiger partial charge >= 0.3 is 0 Å². The predicted molar refractivity (Wildman–Crippen MR) is 155 cm³/mol. The van der Waals surface area contributed by atoms with Crippen molar-refractivity contribution in [3.05, 3.63) is 101 Å². The molecule has 0 aromatic heterocycles. The van der Waals surface area contributed by atoms with Crippen LogP contribution >= 0.6 is 15.9 Å². The quantitative estimate of drug-likeness (QED) is 0.325. The number of hydrogen-bond acceptors (Lipinski definition) is 4. The zero-order chi connectivity index (χ0) is 27.7. The molecular formula is C29H34BrN3O4S. The Balaban J connectivity index is 2.05. The maximum absolute atomic E-state index is 14.0. The van der Waals surface area contributed by atoms with Gasteiger partial charge in [0.05, 0.1) is 11.9 Å². The van der Waals surface area contributed by atoms with Crippen molar-refractivity contribution < 1.29 is 18.0 Å². The van der Waals surface area contributed by atoms with Crippen LogP contribution in [-0.4, -0.2) is 50.0 Å². The van der Waals surface area contributed by atoms with Gasteiger partial charge in [-0.1, -0.05) is 79.7 Å². The van der Waals surface area contributed by atoms with Gasteiger partial charge < -0.3 is 10.2 Å². The number of amides is 2. The SMILES string of the molecule is CC[C@@H](C)NC(=O)[C@H](Cc1ccccc1)N(Cc1ccccc1)C(=O)CN(c1ccccc1Br)S(C)(=O)=O. The first kappa shape index (κ1) is 29.4. The summed E-state index contributed by atoms with van der Waals surface area (Å²) in [6.07, 6.45) is 2.09. The maximum Gasteiger partial charge on any atom is 0.244 e. The van der Waals surface area contributed by atoms with E-state index in [4.69, 9.17) is 0 Å². The lowest BCUT2D eigenvalue weighted by Gasteiger charge is -2.34. The highest BCUT2D eigenvalue weighted by Crippen LogP contribution is 2.28. The van der Waals surface area contributed by atoms with Crippen molar-refractivity contribution in [2.45, 2.75) is 45.3 Å². The Morgan fingerprint density at radius 3 is 2.00 bits per heavy atom. The largest absolute Gasteiger partial charge is 0.352 e. The number of halogens is 1. The number of anilines is 1. The molecule has 0 radical (unpaired) electrons. The lowest BCUT2D eigenvalue weighted by atomic mass is 10.0. The summed E-state index contributed by atoms with van der Waals surface area (Å²) in [7, 11) is -3.81. The first-order valence-electron chi connectivity index (χ1n) is 12.5. The third kappa shape index (κ3) is 8.16. The Morgan fingerprint density at radius 1 is 0.895 bits per heavy atom. The number of carbonyl (C=O) groups is 2. The van der Waals surface area contributed by atoms with Crippen molar-refractivity contribution in [1.29, 1.82) is 0 Å². The molecule has 3 rings (SSSR count). The van der Waals surface area contributed by atoms with E-state index in [9.17, 15) is 18.0 Å². The van der Waals surface area contributed by atoms with Gasteiger partial charge in [-0.05, 0) is 52.5 Å². The monoisotopic (exact) mass is 599 g/mol. The number of rotatable bonds is 12. The topological polar surface area (TPSA) is 86.8 Å². The molecule has 0 spiro atoms. The molecule has 0 heterocycles. The maximum atomic E-state index is 14.0. The van der Waals surface area contributed by atoms with Gasteiger partial charge in [-0.3, -0.25) is 13.9 Å². The molecule has 0 aliphatic heterocycles. The van der Waals surface area contributed by atoms with E-state index in [1.54, 1.807) is 24.3 Å². The van der Waals surface area contributed by atoms with Crippen molar-refractivity contribution in [3.63, 3.8) is 0 Å². The third-order valence-corrected chi connectivity index (χ3v) is 8.07. The zero-order valence-corrected chi connectivity index (χ0v) is 24.3. The van der Waals surface area contributed by atoms with Crippen molar-refractivity contribution >= 4 is 43.5 Å². The van der Waals surface area contributed by atoms with E-state index in [-0.39, 0.29) is 24.9 Å². The number of benzene rings is 3. The average molecular weight is 601 g/mol. The fraction of sp³-hybridized carbons (Fsp3) is 0.310. The van der Waals surface area contributed by atoms with E-state index in [0.29, 0.717) is 10.2 Å². The van der Waals surface area contributed by atoms with Crippen LogP contribution in [0.2, 0.25) is 0 Å².